The summed E-state index contributed by atoms with van der Waals surface area (Å²) in [6, 6.07) is 0. The monoisotopic (exact) mass is 258 g/mol. The number of rotatable bonds is 8. The van der Waals surface area contributed by atoms with E-state index in [9.17, 15) is 15.3 Å². The van der Waals surface area contributed by atoms with Gasteiger partial charge in [0.05, 0.1) is 19.8 Å². The van der Waals surface area contributed by atoms with Crippen LogP contribution in [0.1, 0.15) is 58.3 Å². The van der Waals surface area contributed by atoms with Gasteiger partial charge >= 0.3 is 0 Å². The molecule has 1 aliphatic rings. The molecule has 0 spiro atoms. The van der Waals surface area contributed by atoms with Crippen LogP contribution in [0.2, 0.25) is 0 Å². The molecule has 0 amide bonds. The molecule has 0 aliphatic heterocycles. The van der Waals surface area contributed by atoms with E-state index in [0.29, 0.717) is 0 Å². The maximum atomic E-state index is 9.45. The van der Waals surface area contributed by atoms with Crippen molar-refractivity contribution in [2.24, 2.45) is 17.3 Å². The lowest BCUT2D eigenvalue weighted by molar-refractivity contribution is -0.0538. The highest BCUT2D eigenvalue weighted by atomic mass is 16.3. The molecular formula is C15H30O3. The summed E-state index contributed by atoms with van der Waals surface area (Å²) >= 11 is 0. The number of hydrogen-bond acceptors (Lipinski definition) is 3. The van der Waals surface area contributed by atoms with Crippen LogP contribution >= 0.6 is 0 Å². The van der Waals surface area contributed by atoms with Gasteiger partial charge in [-0.1, -0.05) is 45.4 Å². The van der Waals surface area contributed by atoms with E-state index in [4.69, 9.17) is 0 Å². The lowest BCUT2D eigenvalue weighted by atomic mass is 9.67. The minimum Gasteiger partial charge on any atom is -0.396 e. The van der Waals surface area contributed by atoms with Crippen LogP contribution < -0.4 is 0 Å². The number of unbranched alkanes of at least 4 members (excludes halogenated alkanes) is 2. The average molecular weight is 258 g/mol. The van der Waals surface area contributed by atoms with Crippen molar-refractivity contribution in [1.82, 2.24) is 0 Å². The minimum absolute atomic E-state index is 0.106. The van der Waals surface area contributed by atoms with Gasteiger partial charge in [-0.15, -0.1) is 0 Å². The summed E-state index contributed by atoms with van der Waals surface area (Å²) in [5, 5.41) is 28.3. The van der Waals surface area contributed by atoms with Crippen molar-refractivity contribution in [2.75, 3.05) is 19.8 Å². The molecule has 0 unspecified atom stereocenters. The Balaban J connectivity index is 2.37. The van der Waals surface area contributed by atoms with Gasteiger partial charge in [0.1, 0.15) is 0 Å². The van der Waals surface area contributed by atoms with Crippen molar-refractivity contribution in [2.45, 2.75) is 58.3 Å². The molecule has 0 aromatic carbocycles. The Hall–Kier alpha value is -0.120. The first-order chi connectivity index (χ1) is 8.72. The van der Waals surface area contributed by atoms with Crippen molar-refractivity contribution >= 4 is 0 Å². The molecule has 0 aromatic rings. The Bertz CT molecular complexity index is 198. The Kier molecular flexibility index (Phi) is 7.20. The van der Waals surface area contributed by atoms with Crippen molar-refractivity contribution < 1.29 is 15.3 Å². The number of aliphatic hydroxyl groups excluding tert-OH is 3. The molecule has 1 saturated carbocycles. The van der Waals surface area contributed by atoms with Gasteiger partial charge in [0.2, 0.25) is 0 Å². The lowest BCUT2D eigenvalue weighted by Crippen LogP contribution is -2.43. The summed E-state index contributed by atoms with van der Waals surface area (Å²) in [4.78, 5) is 0. The Morgan fingerprint density at radius 1 is 0.889 bits per heavy atom. The fourth-order valence-corrected chi connectivity index (χ4v) is 3.28. The number of aliphatic hydroxyl groups is 3. The smallest absolute Gasteiger partial charge is 0.0534 e. The van der Waals surface area contributed by atoms with E-state index in [-0.39, 0.29) is 25.7 Å². The molecular weight excluding hydrogens is 228 g/mol. The van der Waals surface area contributed by atoms with Crippen molar-refractivity contribution in [1.29, 1.82) is 0 Å². The first-order valence-corrected chi connectivity index (χ1v) is 7.55. The molecule has 1 fully saturated rings. The molecule has 108 valence electrons. The summed E-state index contributed by atoms with van der Waals surface area (Å²) in [7, 11) is 0. The van der Waals surface area contributed by atoms with E-state index in [1.807, 2.05) is 0 Å². The average Bonchev–Trinajstić information content (AvgIpc) is 2.43. The predicted molar refractivity (Wildman–Crippen MR) is 73.3 cm³/mol. The van der Waals surface area contributed by atoms with Crippen molar-refractivity contribution in [3.8, 4) is 0 Å². The maximum absolute atomic E-state index is 9.45. The van der Waals surface area contributed by atoms with Crippen LogP contribution in [-0.4, -0.2) is 35.1 Å². The van der Waals surface area contributed by atoms with Crippen molar-refractivity contribution in [3.05, 3.63) is 0 Å². The quantitative estimate of drug-likeness (QED) is 0.586. The van der Waals surface area contributed by atoms with Gasteiger partial charge in [0, 0.05) is 5.41 Å². The Morgan fingerprint density at radius 3 is 1.89 bits per heavy atom. The zero-order valence-corrected chi connectivity index (χ0v) is 11.8. The summed E-state index contributed by atoms with van der Waals surface area (Å²) in [6.07, 6.45) is 9.72. The second kappa shape index (κ2) is 8.13. The highest BCUT2D eigenvalue weighted by Crippen LogP contribution is 2.41. The first-order valence-electron chi connectivity index (χ1n) is 7.55. The second-order valence-corrected chi connectivity index (χ2v) is 6.05. The van der Waals surface area contributed by atoms with Crippen LogP contribution in [0.15, 0.2) is 0 Å². The van der Waals surface area contributed by atoms with Crippen LogP contribution in [-0.2, 0) is 0 Å². The van der Waals surface area contributed by atoms with Crippen LogP contribution in [0.5, 0.6) is 0 Å². The molecule has 0 heterocycles. The first kappa shape index (κ1) is 15.9. The molecule has 3 heteroatoms. The molecule has 0 aromatic heterocycles. The zero-order valence-electron chi connectivity index (χ0n) is 11.8. The lowest BCUT2D eigenvalue weighted by Gasteiger charge is -2.40. The van der Waals surface area contributed by atoms with Gasteiger partial charge in [0.15, 0.2) is 0 Å². The second-order valence-electron chi connectivity index (χ2n) is 6.05. The predicted octanol–water partition coefficient (Wildman–Crippen LogP) is 2.34. The Morgan fingerprint density at radius 2 is 1.44 bits per heavy atom. The SMILES string of the molecule is CCCCCC1CCC(C(CO)(CO)CO)CC1. The zero-order chi connectivity index (χ0) is 13.4. The largest absolute Gasteiger partial charge is 0.396 e. The van der Waals surface area contributed by atoms with E-state index in [1.54, 1.807) is 0 Å². The summed E-state index contributed by atoms with van der Waals surface area (Å²) < 4.78 is 0. The number of hydrogen-bond donors (Lipinski definition) is 3. The van der Waals surface area contributed by atoms with Gasteiger partial charge < -0.3 is 15.3 Å². The van der Waals surface area contributed by atoms with E-state index in [2.05, 4.69) is 6.92 Å². The molecule has 1 aliphatic carbocycles. The molecule has 0 atom stereocenters. The van der Waals surface area contributed by atoms with Gasteiger partial charge in [-0.25, -0.2) is 0 Å². The molecule has 1 rings (SSSR count). The standard InChI is InChI=1S/C15H30O3/c1-2-3-4-5-13-6-8-14(9-7-13)15(10-16,11-17)12-18/h13-14,16-18H,2-12H2,1H3. The van der Waals surface area contributed by atoms with E-state index < -0.39 is 5.41 Å². The van der Waals surface area contributed by atoms with Gasteiger partial charge in [-0.3, -0.25) is 0 Å². The van der Waals surface area contributed by atoms with Crippen LogP contribution in [0.4, 0.5) is 0 Å². The maximum Gasteiger partial charge on any atom is 0.0534 e. The van der Waals surface area contributed by atoms with E-state index in [1.165, 1.54) is 38.5 Å². The fourth-order valence-electron chi connectivity index (χ4n) is 3.28. The van der Waals surface area contributed by atoms with E-state index >= 15 is 0 Å². The minimum atomic E-state index is -0.658. The fraction of sp³-hybridized carbons (Fsp3) is 1.00. The van der Waals surface area contributed by atoms with Gasteiger partial charge in [0.25, 0.3) is 0 Å². The van der Waals surface area contributed by atoms with Crippen molar-refractivity contribution in [3.63, 3.8) is 0 Å². The third-order valence-electron chi connectivity index (χ3n) is 4.87. The highest BCUT2D eigenvalue weighted by molar-refractivity contribution is 4.88. The van der Waals surface area contributed by atoms with E-state index in [0.717, 1.165) is 18.8 Å². The molecule has 3 nitrogen and oxygen atoms in total. The molecule has 18 heavy (non-hydrogen) atoms. The Labute approximate surface area is 111 Å². The van der Waals surface area contributed by atoms with Crippen LogP contribution in [0, 0.1) is 17.3 Å². The summed E-state index contributed by atoms with van der Waals surface area (Å²) in [5.41, 5.74) is -0.658. The van der Waals surface area contributed by atoms with Gasteiger partial charge in [-0.2, -0.15) is 0 Å². The van der Waals surface area contributed by atoms with Crippen LogP contribution in [0.25, 0.3) is 0 Å². The third-order valence-corrected chi connectivity index (χ3v) is 4.87. The highest BCUT2D eigenvalue weighted by Gasteiger charge is 2.39. The topological polar surface area (TPSA) is 60.7 Å². The molecule has 3 N–H and O–H groups in total. The molecule has 0 saturated heterocycles. The summed E-state index contributed by atoms with van der Waals surface area (Å²) in [5.74, 6) is 1.10. The molecule has 0 radical (unpaired) electrons. The van der Waals surface area contributed by atoms with Crippen LogP contribution in [0.3, 0.4) is 0 Å². The third kappa shape index (κ3) is 3.94. The summed E-state index contributed by atoms with van der Waals surface area (Å²) in [6.45, 7) is 1.91. The van der Waals surface area contributed by atoms with Gasteiger partial charge in [-0.05, 0) is 24.7 Å². The normalized spacial score (nSPS) is 25.3. The molecule has 0 bridgehead atoms.